The molecule has 4 rings (SSSR count). The molecule has 3 heterocycles. The zero-order valence-corrected chi connectivity index (χ0v) is 17.8. The van der Waals surface area contributed by atoms with Crippen LogP contribution in [-0.4, -0.2) is 52.8 Å². The molecule has 0 spiro atoms. The lowest BCUT2D eigenvalue weighted by molar-refractivity contribution is -0.121. The van der Waals surface area contributed by atoms with Crippen molar-refractivity contribution < 1.29 is 14.0 Å². The molecule has 2 saturated heterocycles. The molecule has 0 bridgehead atoms. The van der Waals surface area contributed by atoms with E-state index in [1.807, 2.05) is 5.38 Å². The van der Waals surface area contributed by atoms with Gasteiger partial charge in [0.15, 0.2) is 5.13 Å². The summed E-state index contributed by atoms with van der Waals surface area (Å²) < 4.78 is 13.1. The van der Waals surface area contributed by atoms with Gasteiger partial charge in [0.2, 0.25) is 5.91 Å². The van der Waals surface area contributed by atoms with E-state index in [-0.39, 0.29) is 23.5 Å². The molecule has 1 N–H and O–H groups in total. The van der Waals surface area contributed by atoms with Crippen molar-refractivity contribution in [3.63, 3.8) is 0 Å². The highest BCUT2D eigenvalue weighted by Crippen LogP contribution is 2.23. The fraction of sp³-hybridized carbons (Fsp3) is 0.500. The van der Waals surface area contributed by atoms with Crippen LogP contribution in [0.15, 0.2) is 29.6 Å². The number of halogens is 1. The van der Waals surface area contributed by atoms with Gasteiger partial charge in [0.05, 0.1) is 5.69 Å². The molecule has 6 nitrogen and oxygen atoms in total. The van der Waals surface area contributed by atoms with Gasteiger partial charge in [-0.05, 0) is 63.0 Å². The van der Waals surface area contributed by atoms with E-state index in [9.17, 15) is 14.0 Å². The molecule has 2 aliphatic rings. The summed E-state index contributed by atoms with van der Waals surface area (Å²) in [5.74, 6) is -0.626. The van der Waals surface area contributed by atoms with Gasteiger partial charge in [-0.25, -0.2) is 9.37 Å². The maximum atomic E-state index is 13.1. The van der Waals surface area contributed by atoms with Gasteiger partial charge in [-0.1, -0.05) is 6.42 Å². The minimum atomic E-state index is -0.358. The molecule has 160 valence electrons. The highest BCUT2D eigenvalue weighted by atomic mass is 32.1. The average Bonchev–Trinajstić information content (AvgIpc) is 3.21. The van der Waals surface area contributed by atoms with Crippen LogP contribution in [0.25, 0.3) is 0 Å². The molecule has 2 fully saturated rings. The van der Waals surface area contributed by atoms with Crippen molar-refractivity contribution in [3.8, 4) is 0 Å². The maximum absolute atomic E-state index is 13.1. The molecular weight excluding hydrogens is 403 g/mol. The minimum Gasteiger partial charge on any atom is -0.339 e. The zero-order valence-electron chi connectivity index (χ0n) is 17.0. The van der Waals surface area contributed by atoms with Gasteiger partial charge in [-0.2, -0.15) is 0 Å². The Hall–Kier alpha value is -2.32. The van der Waals surface area contributed by atoms with Crippen LogP contribution < -0.4 is 5.32 Å². The summed E-state index contributed by atoms with van der Waals surface area (Å²) in [5.41, 5.74) is 1.49. The minimum absolute atomic E-state index is 0.0252. The standard InChI is InChI=1S/C22H27FN4O2S/c23-18-6-4-17(5-7-18)21(29)27-12-8-16(9-13-27)20(28)25-22-24-19(15-30-22)14-26-10-2-1-3-11-26/h4-7,15-16H,1-3,8-14H2,(H,24,25,28). The zero-order chi connectivity index (χ0) is 20.9. The van der Waals surface area contributed by atoms with Crippen LogP contribution in [0.3, 0.4) is 0 Å². The first-order chi connectivity index (χ1) is 14.6. The molecule has 2 aromatic rings. The van der Waals surface area contributed by atoms with E-state index in [2.05, 4.69) is 15.2 Å². The second-order valence-corrected chi connectivity index (χ2v) is 8.90. The highest BCUT2D eigenvalue weighted by molar-refractivity contribution is 7.13. The first-order valence-corrected chi connectivity index (χ1v) is 11.5. The van der Waals surface area contributed by atoms with Crippen LogP contribution in [0.5, 0.6) is 0 Å². The summed E-state index contributed by atoms with van der Waals surface area (Å²) in [7, 11) is 0. The quantitative estimate of drug-likeness (QED) is 0.785. The summed E-state index contributed by atoms with van der Waals surface area (Å²) in [5, 5.41) is 5.63. The van der Waals surface area contributed by atoms with Crippen molar-refractivity contribution in [2.75, 3.05) is 31.5 Å². The number of carbonyl (C=O) groups excluding carboxylic acids is 2. The Bertz CT molecular complexity index is 872. The van der Waals surface area contributed by atoms with E-state index in [1.165, 1.54) is 54.9 Å². The first-order valence-electron chi connectivity index (χ1n) is 10.6. The largest absolute Gasteiger partial charge is 0.339 e. The van der Waals surface area contributed by atoms with Gasteiger partial charge in [0, 0.05) is 36.5 Å². The van der Waals surface area contributed by atoms with Crippen LogP contribution >= 0.6 is 11.3 Å². The molecule has 1 aromatic carbocycles. The molecule has 1 aromatic heterocycles. The molecule has 0 unspecified atom stereocenters. The molecule has 0 aliphatic carbocycles. The predicted octanol–water partition coefficient (Wildman–Crippen LogP) is 3.76. The van der Waals surface area contributed by atoms with E-state index in [4.69, 9.17) is 0 Å². The number of aromatic nitrogens is 1. The van der Waals surface area contributed by atoms with Crippen molar-refractivity contribution in [1.82, 2.24) is 14.8 Å². The Morgan fingerprint density at radius 3 is 2.47 bits per heavy atom. The van der Waals surface area contributed by atoms with Crippen molar-refractivity contribution in [1.29, 1.82) is 0 Å². The van der Waals surface area contributed by atoms with E-state index in [0.29, 0.717) is 36.6 Å². The van der Waals surface area contributed by atoms with E-state index < -0.39 is 0 Å². The molecule has 30 heavy (non-hydrogen) atoms. The third-order valence-corrected chi connectivity index (χ3v) is 6.67. The Morgan fingerprint density at radius 2 is 1.77 bits per heavy atom. The summed E-state index contributed by atoms with van der Waals surface area (Å²) in [4.78, 5) is 33.9. The number of anilines is 1. The molecule has 0 saturated carbocycles. The number of thiazole rings is 1. The Kier molecular flexibility index (Phi) is 6.74. The Labute approximate surface area is 180 Å². The van der Waals surface area contributed by atoms with E-state index in [0.717, 1.165) is 25.3 Å². The van der Waals surface area contributed by atoms with Crippen molar-refractivity contribution in [3.05, 3.63) is 46.7 Å². The number of carbonyl (C=O) groups is 2. The number of hydrogen-bond donors (Lipinski definition) is 1. The Balaban J connectivity index is 1.25. The fourth-order valence-electron chi connectivity index (χ4n) is 4.11. The predicted molar refractivity (Wildman–Crippen MR) is 115 cm³/mol. The monoisotopic (exact) mass is 430 g/mol. The van der Waals surface area contributed by atoms with Crippen molar-refractivity contribution in [2.24, 2.45) is 5.92 Å². The van der Waals surface area contributed by atoms with Gasteiger partial charge in [-0.3, -0.25) is 14.5 Å². The van der Waals surface area contributed by atoms with Gasteiger partial charge < -0.3 is 10.2 Å². The molecule has 0 atom stereocenters. The second-order valence-electron chi connectivity index (χ2n) is 8.04. The number of nitrogens with one attached hydrogen (secondary N) is 1. The van der Waals surface area contributed by atoms with Gasteiger partial charge >= 0.3 is 0 Å². The second kappa shape index (κ2) is 9.66. The molecule has 8 heteroatoms. The lowest BCUT2D eigenvalue weighted by Crippen LogP contribution is -2.41. The molecular formula is C22H27FN4O2S. The fourth-order valence-corrected chi connectivity index (χ4v) is 4.82. The topological polar surface area (TPSA) is 65.5 Å². The number of rotatable bonds is 5. The van der Waals surface area contributed by atoms with Crippen LogP contribution in [-0.2, 0) is 11.3 Å². The van der Waals surface area contributed by atoms with E-state index >= 15 is 0 Å². The van der Waals surface area contributed by atoms with Crippen molar-refractivity contribution in [2.45, 2.75) is 38.6 Å². The van der Waals surface area contributed by atoms with Gasteiger partial charge in [-0.15, -0.1) is 11.3 Å². The van der Waals surface area contributed by atoms with Gasteiger partial charge in [0.1, 0.15) is 5.82 Å². The molecule has 2 amide bonds. The number of benzene rings is 1. The average molecular weight is 431 g/mol. The summed E-state index contributed by atoms with van der Waals surface area (Å²) in [6, 6.07) is 5.59. The van der Waals surface area contributed by atoms with Crippen LogP contribution in [0, 0.1) is 11.7 Å². The normalized spacial score (nSPS) is 18.4. The Morgan fingerprint density at radius 1 is 1.07 bits per heavy atom. The number of nitrogens with zero attached hydrogens (tertiary/aromatic N) is 3. The van der Waals surface area contributed by atoms with E-state index in [1.54, 1.807) is 4.90 Å². The van der Waals surface area contributed by atoms with Crippen molar-refractivity contribution >= 4 is 28.3 Å². The SMILES string of the molecule is O=C(Nc1nc(CN2CCCCC2)cs1)C1CCN(C(=O)c2ccc(F)cc2)CC1. The summed E-state index contributed by atoms with van der Waals surface area (Å²) in [6.07, 6.45) is 5.03. The lowest BCUT2D eigenvalue weighted by atomic mass is 9.95. The number of hydrogen-bond acceptors (Lipinski definition) is 5. The number of likely N-dealkylation sites (tertiary alicyclic amines) is 2. The van der Waals surface area contributed by atoms with Crippen LogP contribution in [0.1, 0.15) is 48.2 Å². The summed E-state index contributed by atoms with van der Waals surface area (Å²) >= 11 is 1.47. The van der Waals surface area contributed by atoms with Crippen LogP contribution in [0.2, 0.25) is 0 Å². The summed E-state index contributed by atoms with van der Waals surface area (Å²) in [6.45, 7) is 4.12. The third kappa shape index (κ3) is 5.23. The third-order valence-electron chi connectivity index (χ3n) is 5.86. The number of piperidine rings is 2. The highest BCUT2D eigenvalue weighted by Gasteiger charge is 2.28. The smallest absolute Gasteiger partial charge is 0.253 e. The lowest BCUT2D eigenvalue weighted by Gasteiger charge is -2.31. The van der Waals surface area contributed by atoms with Gasteiger partial charge in [0.25, 0.3) is 5.91 Å². The molecule has 2 aliphatic heterocycles. The molecule has 0 radical (unpaired) electrons. The number of amides is 2. The maximum Gasteiger partial charge on any atom is 0.253 e. The first kappa shape index (κ1) is 20.9. The van der Waals surface area contributed by atoms with Crippen LogP contribution in [0.4, 0.5) is 9.52 Å².